The van der Waals surface area contributed by atoms with Gasteiger partial charge in [-0.15, -0.1) is 0 Å². The van der Waals surface area contributed by atoms with Crippen molar-refractivity contribution >= 4 is 11.6 Å². The minimum Gasteiger partial charge on any atom is -0.384 e. The van der Waals surface area contributed by atoms with E-state index < -0.39 is 0 Å². The molecule has 3 heteroatoms. The van der Waals surface area contributed by atoms with Crippen molar-refractivity contribution in [3.05, 3.63) is 29.8 Å². The molecule has 1 heterocycles. The van der Waals surface area contributed by atoms with Crippen LogP contribution >= 0.6 is 0 Å². The van der Waals surface area contributed by atoms with E-state index in [1.54, 1.807) is 7.05 Å². The monoisotopic (exact) mass is 292 g/mol. The fourth-order valence-electron chi connectivity index (χ4n) is 2.45. The molecule has 3 nitrogen and oxygen atoms in total. The molecule has 1 unspecified atom stereocenters. The SMILES string of the molecule is CC.CCC.CCC1(CC(=O)NC)CNc2ccccc21. The summed E-state index contributed by atoms with van der Waals surface area (Å²) in [5.41, 5.74) is 2.42. The predicted octanol–water partition coefficient (Wildman–Crippen LogP) is 4.34. The molecule has 2 N–H and O–H groups in total. The van der Waals surface area contributed by atoms with E-state index in [9.17, 15) is 4.79 Å². The van der Waals surface area contributed by atoms with Crippen molar-refractivity contribution in [1.82, 2.24) is 5.32 Å². The van der Waals surface area contributed by atoms with Gasteiger partial charge >= 0.3 is 0 Å². The molecule has 1 amide bonds. The van der Waals surface area contributed by atoms with E-state index in [2.05, 4.69) is 43.5 Å². The van der Waals surface area contributed by atoms with Crippen LogP contribution in [0.25, 0.3) is 0 Å². The summed E-state index contributed by atoms with van der Waals surface area (Å²) in [5, 5.41) is 6.11. The third-order valence-corrected chi connectivity index (χ3v) is 3.57. The lowest BCUT2D eigenvalue weighted by Crippen LogP contribution is -2.34. The van der Waals surface area contributed by atoms with Gasteiger partial charge in [0.05, 0.1) is 0 Å². The number of hydrogen-bond acceptors (Lipinski definition) is 2. The summed E-state index contributed by atoms with van der Waals surface area (Å²) in [4.78, 5) is 11.6. The lowest BCUT2D eigenvalue weighted by molar-refractivity contribution is -0.121. The number of rotatable bonds is 3. The summed E-state index contributed by atoms with van der Waals surface area (Å²) in [6, 6.07) is 8.27. The Morgan fingerprint density at radius 2 is 1.81 bits per heavy atom. The number of amides is 1. The maximum absolute atomic E-state index is 11.6. The first-order valence-electron chi connectivity index (χ1n) is 8.17. The first-order chi connectivity index (χ1) is 10.1. The number of anilines is 1. The first-order valence-corrected chi connectivity index (χ1v) is 8.17. The average molecular weight is 292 g/mol. The van der Waals surface area contributed by atoms with Crippen molar-refractivity contribution in [1.29, 1.82) is 0 Å². The van der Waals surface area contributed by atoms with Gasteiger partial charge in [-0.25, -0.2) is 0 Å². The summed E-state index contributed by atoms with van der Waals surface area (Å²) in [6.07, 6.45) is 2.79. The molecule has 0 spiro atoms. The van der Waals surface area contributed by atoms with E-state index in [4.69, 9.17) is 0 Å². The summed E-state index contributed by atoms with van der Waals surface area (Å²) in [5.74, 6) is 0.111. The molecule has 0 aromatic heterocycles. The average Bonchev–Trinajstić information content (AvgIpc) is 2.89. The molecule has 1 aromatic rings. The molecule has 1 aliphatic heterocycles. The van der Waals surface area contributed by atoms with E-state index in [1.165, 1.54) is 17.7 Å². The highest BCUT2D eigenvalue weighted by molar-refractivity contribution is 5.79. The van der Waals surface area contributed by atoms with Crippen LogP contribution in [0.15, 0.2) is 24.3 Å². The minimum absolute atomic E-state index is 0.0311. The van der Waals surface area contributed by atoms with Gasteiger partial charge in [0.1, 0.15) is 0 Å². The van der Waals surface area contributed by atoms with Crippen LogP contribution in [-0.4, -0.2) is 19.5 Å². The molecule has 0 fully saturated rings. The van der Waals surface area contributed by atoms with Crippen molar-refractivity contribution in [2.24, 2.45) is 0 Å². The lowest BCUT2D eigenvalue weighted by Gasteiger charge is -2.26. The number of fused-ring (bicyclic) bond motifs is 1. The van der Waals surface area contributed by atoms with Crippen LogP contribution in [0.3, 0.4) is 0 Å². The van der Waals surface area contributed by atoms with Gasteiger partial charge in [0.15, 0.2) is 0 Å². The van der Waals surface area contributed by atoms with Crippen molar-refractivity contribution in [3.8, 4) is 0 Å². The van der Waals surface area contributed by atoms with Gasteiger partial charge < -0.3 is 10.6 Å². The zero-order valence-electron chi connectivity index (χ0n) is 14.5. The number of carbonyl (C=O) groups is 1. The molecule has 120 valence electrons. The fourth-order valence-corrected chi connectivity index (χ4v) is 2.45. The summed E-state index contributed by atoms with van der Waals surface area (Å²) >= 11 is 0. The molecule has 0 saturated heterocycles. The second kappa shape index (κ2) is 10.3. The molecule has 0 radical (unpaired) electrons. The Hall–Kier alpha value is -1.51. The van der Waals surface area contributed by atoms with Crippen molar-refractivity contribution in [3.63, 3.8) is 0 Å². The van der Waals surface area contributed by atoms with Gasteiger partial charge in [-0.2, -0.15) is 0 Å². The third kappa shape index (κ3) is 5.07. The quantitative estimate of drug-likeness (QED) is 0.870. The summed E-state index contributed by atoms with van der Waals surface area (Å²) in [6.45, 7) is 11.3. The molecule has 1 atom stereocenters. The molecule has 2 rings (SSSR count). The van der Waals surface area contributed by atoms with E-state index in [0.29, 0.717) is 6.42 Å². The number of para-hydroxylation sites is 1. The van der Waals surface area contributed by atoms with Crippen molar-refractivity contribution in [2.45, 2.75) is 59.3 Å². The van der Waals surface area contributed by atoms with Crippen LogP contribution in [0.2, 0.25) is 0 Å². The molecular formula is C18H32N2O. The Labute approximate surface area is 130 Å². The van der Waals surface area contributed by atoms with E-state index >= 15 is 0 Å². The number of benzene rings is 1. The second-order valence-corrected chi connectivity index (χ2v) is 5.09. The number of carbonyl (C=O) groups excluding carboxylic acids is 1. The molecular weight excluding hydrogens is 260 g/mol. The Morgan fingerprint density at radius 1 is 1.24 bits per heavy atom. The van der Waals surface area contributed by atoms with Crippen molar-refractivity contribution in [2.75, 3.05) is 18.9 Å². The third-order valence-electron chi connectivity index (χ3n) is 3.57. The lowest BCUT2D eigenvalue weighted by atomic mass is 9.77. The normalized spacial score (nSPS) is 18.2. The van der Waals surface area contributed by atoms with Gasteiger partial charge in [-0.1, -0.05) is 59.2 Å². The number of hydrogen-bond donors (Lipinski definition) is 2. The molecule has 0 aliphatic carbocycles. The van der Waals surface area contributed by atoms with Crippen LogP contribution < -0.4 is 10.6 Å². The Balaban J connectivity index is 0.000000713. The first kappa shape index (κ1) is 19.5. The zero-order chi connectivity index (χ0) is 16.3. The van der Waals surface area contributed by atoms with Crippen molar-refractivity contribution < 1.29 is 4.79 Å². The van der Waals surface area contributed by atoms with Gasteiger partial charge in [0, 0.05) is 31.1 Å². The highest BCUT2D eigenvalue weighted by Crippen LogP contribution is 2.41. The Bertz CT molecular complexity index is 417. The van der Waals surface area contributed by atoms with Gasteiger partial charge in [-0.05, 0) is 18.1 Å². The van der Waals surface area contributed by atoms with Gasteiger partial charge in [0.25, 0.3) is 0 Å². The molecule has 1 aliphatic rings. The standard InChI is InChI=1S/C13H18N2O.C3H8.C2H6/c1-3-13(8-12(16)14-2)9-15-11-7-5-4-6-10(11)13;1-3-2;1-2/h4-7,15H,3,8-9H2,1-2H3,(H,14,16);3H2,1-2H3;1-2H3. The number of nitrogens with one attached hydrogen (secondary N) is 2. The minimum atomic E-state index is -0.0311. The second-order valence-electron chi connectivity index (χ2n) is 5.09. The van der Waals surface area contributed by atoms with E-state index in [-0.39, 0.29) is 11.3 Å². The van der Waals surface area contributed by atoms with Crippen LogP contribution in [0.1, 0.15) is 59.4 Å². The summed E-state index contributed by atoms with van der Waals surface area (Å²) < 4.78 is 0. The Kier molecular flexibility index (Phi) is 9.51. The van der Waals surface area contributed by atoms with Gasteiger partial charge in [-0.3, -0.25) is 4.79 Å². The topological polar surface area (TPSA) is 41.1 Å². The smallest absolute Gasteiger partial charge is 0.220 e. The molecule has 21 heavy (non-hydrogen) atoms. The van der Waals surface area contributed by atoms with Crippen LogP contribution in [0, 0.1) is 0 Å². The highest BCUT2D eigenvalue weighted by Gasteiger charge is 2.38. The fraction of sp³-hybridized carbons (Fsp3) is 0.611. The largest absolute Gasteiger partial charge is 0.384 e. The Morgan fingerprint density at radius 3 is 2.33 bits per heavy atom. The predicted molar refractivity (Wildman–Crippen MR) is 92.9 cm³/mol. The maximum atomic E-state index is 11.6. The van der Waals surface area contributed by atoms with Gasteiger partial charge in [0.2, 0.25) is 5.91 Å². The molecule has 1 aromatic carbocycles. The molecule has 0 bridgehead atoms. The van der Waals surface area contributed by atoms with Crippen LogP contribution in [0.4, 0.5) is 5.69 Å². The maximum Gasteiger partial charge on any atom is 0.220 e. The highest BCUT2D eigenvalue weighted by atomic mass is 16.1. The molecule has 0 saturated carbocycles. The van der Waals surface area contributed by atoms with Crippen LogP contribution in [0.5, 0.6) is 0 Å². The van der Waals surface area contributed by atoms with Crippen LogP contribution in [-0.2, 0) is 10.2 Å². The van der Waals surface area contributed by atoms with E-state index in [1.807, 2.05) is 26.0 Å². The summed E-state index contributed by atoms with van der Waals surface area (Å²) in [7, 11) is 1.69. The zero-order valence-corrected chi connectivity index (χ0v) is 14.5. The van der Waals surface area contributed by atoms with E-state index in [0.717, 1.165) is 13.0 Å².